The first-order valence-corrected chi connectivity index (χ1v) is 11.8. The summed E-state index contributed by atoms with van der Waals surface area (Å²) in [6.45, 7) is 0.815. The van der Waals surface area contributed by atoms with Crippen LogP contribution >= 0.6 is 0 Å². The number of carbonyl (C=O) groups excluding carboxylic acids is 1. The molecule has 1 atom stereocenters. The average Bonchev–Trinajstić information content (AvgIpc) is 2.81. The molecular formula is C27H37NO6. The Hall–Kier alpha value is -3.06. The number of likely N-dealkylation sites (N-methyl/N-ethyl adjacent to an activating group) is 1. The van der Waals surface area contributed by atoms with Gasteiger partial charge in [0.15, 0.2) is 0 Å². The van der Waals surface area contributed by atoms with Crippen LogP contribution in [0.4, 0.5) is 0 Å². The standard InChI is InChI=1S/C27H37NO6/c1-28(2)19-24(34-27(31)15-6-4-5-14-26(29)30)20-33-25-13-8-7-11-22(25)17-16-21-10-9-12-23(18-21)32-3/h7-13,18,24H,4-6,14-17,19-20H2,1-3H3,(H,29,30)/t24-/m1/s1. The zero-order chi connectivity index (χ0) is 24.8. The Morgan fingerprint density at radius 1 is 0.971 bits per heavy atom. The average molecular weight is 472 g/mol. The van der Waals surface area contributed by atoms with Gasteiger partial charge in [0, 0.05) is 19.4 Å². The van der Waals surface area contributed by atoms with Crippen molar-refractivity contribution in [2.75, 3.05) is 34.4 Å². The van der Waals surface area contributed by atoms with Crippen LogP contribution in [-0.2, 0) is 27.2 Å². The Labute approximate surface area is 202 Å². The summed E-state index contributed by atoms with van der Waals surface area (Å²) in [6.07, 6.45) is 3.57. The number of para-hydroxylation sites is 1. The number of carboxylic acids is 1. The van der Waals surface area contributed by atoms with Gasteiger partial charge in [0.05, 0.1) is 7.11 Å². The molecule has 7 nitrogen and oxygen atoms in total. The van der Waals surface area contributed by atoms with E-state index in [9.17, 15) is 9.59 Å². The molecule has 0 amide bonds. The van der Waals surface area contributed by atoms with Crippen LogP contribution in [0.3, 0.4) is 0 Å². The summed E-state index contributed by atoms with van der Waals surface area (Å²) in [7, 11) is 5.52. The van der Waals surface area contributed by atoms with Gasteiger partial charge in [-0.25, -0.2) is 0 Å². The number of methoxy groups -OCH3 is 1. The van der Waals surface area contributed by atoms with Crippen molar-refractivity contribution in [3.8, 4) is 11.5 Å². The molecule has 7 heteroatoms. The molecule has 0 spiro atoms. The predicted octanol–water partition coefficient (Wildman–Crippen LogP) is 4.37. The third-order valence-electron chi connectivity index (χ3n) is 5.35. The Bertz CT molecular complexity index is 898. The largest absolute Gasteiger partial charge is 0.497 e. The van der Waals surface area contributed by atoms with Gasteiger partial charge >= 0.3 is 11.9 Å². The molecule has 0 bridgehead atoms. The molecule has 2 aromatic carbocycles. The van der Waals surface area contributed by atoms with Gasteiger partial charge in [-0.3, -0.25) is 9.59 Å². The number of aryl methyl sites for hydroxylation is 2. The summed E-state index contributed by atoms with van der Waals surface area (Å²) in [5.74, 6) is 0.544. The third kappa shape index (κ3) is 10.7. The highest BCUT2D eigenvalue weighted by Crippen LogP contribution is 2.22. The maximum absolute atomic E-state index is 12.3. The van der Waals surface area contributed by atoms with Crippen LogP contribution in [0.25, 0.3) is 0 Å². The molecule has 0 aromatic heterocycles. The fraction of sp³-hybridized carbons (Fsp3) is 0.481. The molecule has 186 valence electrons. The first-order chi connectivity index (χ1) is 16.4. The van der Waals surface area contributed by atoms with Gasteiger partial charge in [-0.15, -0.1) is 0 Å². The van der Waals surface area contributed by atoms with Crippen molar-refractivity contribution in [3.05, 3.63) is 59.7 Å². The molecule has 0 fully saturated rings. The molecule has 0 heterocycles. The smallest absolute Gasteiger partial charge is 0.306 e. The van der Waals surface area contributed by atoms with E-state index in [4.69, 9.17) is 19.3 Å². The quantitative estimate of drug-likeness (QED) is 0.287. The first kappa shape index (κ1) is 27.2. The van der Waals surface area contributed by atoms with E-state index in [0.717, 1.165) is 29.9 Å². The maximum Gasteiger partial charge on any atom is 0.306 e. The second-order valence-corrected chi connectivity index (χ2v) is 8.60. The van der Waals surface area contributed by atoms with Crippen molar-refractivity contribution < 1.29 is 28.9 Å². The van der Waals surface area contributed by atoms with Gasteiger partial charge in [-0.1, -0.05) is 36.8 Å². The first-order valence-electron chi connectivity index (χ1n) is 11.8. The van der Waals surface area contributed by atoms with E-state index in [1.807, 2.05) is 55.4 Å². The van der Waals surface area contributed by atoms with Crippen molar-refractivity contribution in [2.45, 2.75) is 51.0 Å². The van der Waals surface area contributed by atoms with Gasteiger partial charge in [-0.2, -0.15) is 0 Å². The molecule has 34 heavy (non-hydrogen) atoms. The minimum absolute atomic E-state index is 0.128. The summed E-state index contributed by atoms with van der Waals surface area (Å²) in [5, 5.41) is 8.70. The Morgan fingerprint density at radius 3 is 2.47 bits per heavy atom. The van der Waals surface area contributed by atoms with Crippen LogP contribution in [0.2, 0.25) is 0 Å². The lowest BCUT2D eigenvalue weighted by Gasteiger charge is -2.22. The molecule has 0 saturated heterocycles. The van der Waals surface area contributed by atoms with Gasteiger partial charge in [0.2, 0.25) is 0 Å². The molecule has 0 aliphatic rings. The van der Waals surface area contributed by atoms with E-state index in [1.54, 1.807) is 7.11 Å². The second kappa shape index (κ2) is 15.0. The number of rotatable bonds is 16. The zero-order valence-electron chi connectivity index (χ0n) is 20.5. The number of nitrogens with zero attached hydrogens (tertiary/aromatic N) is 1. The topological polar surface area (TPSA) is 85.3 Å². The lowest BCUT2D eigenvalue weighted by Crippen LogP contribution is -2.35. The summed E-state index contributed by atoms with van der Waals surface area (Å²) in [4.78, 5) is 24.8. The number of carboxylic acid groups (broad SMARTS) is 1. The Morgan fingerprint density at radius 2 is 1.74 bits per heavy atom. The Kier molecular flexibility index (Phi) is 12.0. The fourth-order valence-corrected chi connectivity index (χ4v) is 3.64. The van der Waals surface area contributed by atoms with Crippen LogP contribution in [0, 0.1) is 0 Å². The highest BCUT2D eigenvalue weighted by molar-refractivity contribution is 5.69. The Balaban J connectivity index is 1.89. The number of carbonyl (C=O) groups is 2. The van der Waals surface area contributed by atoms with Crippen molar-refractivity contribution in [2.24, 2.45) is 0 Å². The molecule has 1 N–H and O–H groups in total. The predicted molar refractivity (Wildman–Crippen MR) is 131 cm³/mol. The summed E-state index contributed by atoms with van der Waals surface area (Å²) in [6, 6.07) is 16.0. The number of ether oxygens (including phenoxy) is 3. The molecule has 2 aromatic rings. The van der Waals surface area contributed by atoms with E-state index >= 15 is 0 Å². The molecule has 0 aliphatic carbocycles. The molecule has 2 rings (SSSR count). The van der Waals surface area contributed by atoms with Crippen LogP contribution in [-0.4, -0.2) is 62.4 Å². The van der Waals surface area contributed by atoms with Crippen LogP contribution in [0.15, 0.2) is 48.5 Å². The molecule has 0 saturated carbocycles. The lowest BCUT2D eigenvalue weighted by molar-refractivity contribution is -0.151. The van der Waals surface area contributed by atoms with E-state index in [-0.39, 0.29) is 25.4 Å². The van der Waals surface area contributed by atoms with Crippen LogP contribution in [0.1, 0.15) is 43.2 Å². The summed E-state index contributed by atoms with van der Waals surface area (Å²) < 4.78 is 17.1. The number of benzene rings is 2. The summed E-state index contributed by atoms with van der Waals surface area (Å²) in [5.41, 5.74) is 2.29. The molecule has 0 radical (unpaired) electrons. The second-order valence-electron chi connectivity index (χ2n) is 8.60. The van der Waals surface area contributed by atoms with E-state index in [2.05, 4.69) is 12.1 Å². The van der Waals surface area contributed by atoms with Crippen molar-refractivity contribution in [3.63, 3.8) is 0 Å². The number of esters is 1. The molecule has 0 aliphatic heterocycles. The number of hydrogen-bond donors (Lipinski definition) is 1. The van der Waals surface area contributed by atoms with Crippen molar-refractivity contribution in [1.29, 1.82) is 0 Å². The third-order valence-corrected chi connectivity index (χ3v) is 5.35. The zero-order valence-corrected chi connectivity index (χ0v) is 20.5. The minimum atomic E-state index is -0.811. The maximum atomic E-state index is 12.3. The monoisotopic (exact) mass is 471 g/mol. The van der Waals surface area contributed by atoms with Gasteiger partial charge in [0.25, 0.3) is 0 Å². The van der Waals surface area contributed by atoms with Crippen LogP contribution in [0.5, 0.6) is 11.5 Å². The SMILES string of the molecule is COc1cccc(CCc2ccccc2OC[C@@H](CN(C)C)OC(=O)CCCCCC(=O)O)c1. The van der Waals surface area contributed by atoms with E-state index in [1.165, 1.54) is 5.56 Å². The van der Waals surface area contributed by atoms with E-state index in [0.29, 0.717) is 25.8 Å². The number of aliphatic carboxylic acids is 1. The van der Waals surface area contributed by atoms with Gasteiger partial charge in [0.1, 0.15) is 24.2 Å². The summed E-state index contributed by atoms with van der Waals surface area (Å²) >= 11 is 0. The lowest BCUT2D eigenvalue weighted by atomic mass is 10.0. The molecular weight excluding hydrogens is 434 g/mol. The van der Waals surface area contributed by atoms with Crippen molar-refractivity contribution >= 4 is 11.9 Å². The van der Waals surface area contributed by atoms with Gasteiger partial charge < -0.3 is 24.2 Å². The van der Waals surface area contributed by atoms with E-state index < -0.39 is 12.1 Å². The minimum Gasteiger partial charge on any atom is -0.497 e. The van der Waals surface area contributed by atoms with Crippen molar-refractivity contribution in [1.82, 2.24) is 4.90 Å². The number of hydrogen-bond acceptors (Lipinski definition) is 6. The van der Waals surface area contributed by atoms with Gasteiger partial charge in [-0.05, 0) is 69.1 Å². The fourth-order valence-electron chi connectivity index (χ4n) is 3.64. The highest BCUT2D eigenvalue weighted by Gasteiger charge is 2.17. The molecule has 0 unspecified atom stereocenters. The van der Waals surface area contributed by atoms with Crippen LogP contribution < -0.4 is 9.47 Å². The number of unbranched alkanes of at least 4 members (excludes halogenated alkanes) is 2. The highest BCUT2D eigenvalue weighted by atomic mass is 16.6. The normalized spacial score (nSPS) is 11.8.